The molecule has 154 valence electrons. The molecule has 0 radical (unpaired) electrons. The average Bonchev–Trinajstić information content (AvgIpc) is 2.67. The topological polar surface area (TPSA) is 188 Å². The minimum atomic E-state index is -1.29. The summed E-state index contributed by atoms with van der Waals surface area (Å²) in [7, 11) is 0. The van der Waals surface area contributed by atoms with E-state index in [1.54, 1.807) is 4.90 Å². The van der Waals surface area contributed by atoms with E-state index in [9.17, 15) is 30.5 Å². The quantitative estimate of drug-likeness (QED) is 0.0995. The number of anilines is 1. The first kappa shape index (κ1) is 21.8. The molecule has 0 saturated carbocycles. The fraction of sp³-hybridized carbons (Fsp3) is 0.625. The van der Waals surface area contributed by atoms with Crippen molar-refractivity contribution in [1.29, 1.82) is 0 Å². The van der Waals surface area contributed by atoms with Crippen LogP contribution in [-0.2, 0) is 0 Å². The van der Waals surface area contributed by atoms with Crippen molar-refractivity contribution < 1.29 is 25.3 Å². The predicted octanol–water partition coefficient (Wildman–Crippen LogP) is 0.488. The third kappa shape index (κ3) is 5.29. The number of azide groups is 1. The molecule has 0 amide bonds. The van der Waals surface area contributed by atoms with Crippen LogP contribution in [0.15, 0.2) is 23.3 Å². The summed E-state index contributed by atoms with van der Waals surface area (Å²) in [5.41, 5.74) is 8.68. The zero-order valence-corrected chi connectivity index (χ0v) is 15.1. The number of β-amino-alcohol motifs (C(OH)–C–C–N with tert-alkyl or cyclic N) is 1. The number of aliphatic hydroxyl groups excluding tert-OH is 4. The number of piperidine rings is 1. The van der Waals surface area contributed by atoms with Crippen molar-refractivity contribution in [3.8, 4) is 0 Å². The summed E-state index contributed by atoms with van der Waals surface area (Å²) in [6.07, 6.45) is -2.33. The second-order valence-corrected chi connectivity index (χ2v) is 6.58. The van der Waals surface area contributed by atoms with Gasteiger partial charge in [0.05, 0.1) is 23.7 Å². The molecule has 5 N–H and O–H groups in total. The Bertz CT molecular complexity index is 728. The lowest BCUT2D eigenvalue weighted by Crippen LogP contribution is -2.62. The molecule has 12 nitrogen and oxygen atoms in total. The lowest BCUT2D eigenvalue weighted by atomic mass is 9.94. The molecule has 4 atom stereocenters. The van der Waals surface area contributed by atoms with E-state index in [2.05, 4.69) is 15.3 Å². The first-order valence-electron chi connectivity index (χ1n) is 8.85. The second kappa shape index (κ2) is 10.2. The highest BCUT2D eigenvalue weighted by atomic mass is 16.6. The molecule has 0 unspecified atom stereocenters. The number of nitro benzene ring substituents is 1. The zero-order chi connectivity index (χ0) is 20.7. The number of unbranched alkanes of at least 4 members (excludes halogenated alkanes) is 1. The van der Waals surface area contributed by atoms with E-state index in [-0.39, 0.29) is 24.5 Å². The molecule has 1 fully saturated rings. The molecule has 0 spiro atoms. The Kier molecular flexibility index (Phi) is 7.93. The number of rotatable bonds is 9. The Balaban J connectivity index is 1.86. The van der Waals surface area contributed by atoms with Gasteiger partial charge in [0.15, 0.2) is 0 Å². The molecule has 1 aromatic carbocycles. The second-order valence-electron chi connectivity index (χ2n) is 6.58. The summed E-state index contributed by atoms with van der Waals surface area (Å²) in [6, 6.07) is 3.49. The maximum atomic E-state index is 11.2. The fourth-order valence-electron chi connectivity index (χ4n) is 3.23. The third-order valence-corrected chi connectivity index (χ3v) is 4.74. The normalized spacial score (nSPS) is 25.1. The van der Waals surface area contributed by atoms with Crippen molar-refractivity contribution >= 4 is 17.1 Å². The maximum absolute atomic E-state index is 11.2. The van der Waals surface area contributed by atoms with Crippen molar-refractivity contribution in [3.05, 3.63) is 38.8 Å². The van der Waals surface area contributed by atoms with Crippen LogP contribution in [0.4, 0.5) is 17.1 Å². The van der Waals surface area contributed by atoms with Crippen LogP contribution >= 0.6 is 0 Å². The van der Waals surface area contributed by atoms with Crippen molar-refractivity contribution in [3.63, 3.8) is 0 Å². The van der Waals surface area contributed by atoms with Crippen LogP contribution in [0.2, 0.25) is 0 Å². The first-order chi connectivity index (χ1) is 13.4. The van der Waals surface area contributed by atoms with Crippen LogP contribution in [0.25, 0.3) is 10.4 Å². The number of hydrogen-bond acceptors (Lipinski definition) is 9. The molecule has 2 rings (SSSR count). The molecule has 0 aliphatic carbocycles. The van der Waals surface area contributed by atoms with Gasteiger partial charge in [-0.1, -0.05) is 11.2 Å². The van der Waals surface area contributed by atoms with E-state index in [1.807, 2.05) is 0 Å². The van der Waals surface area contributed by atoms with Crippen LogP contribution in [0.5, 0.6) is 0 Å². The van der Waals surface area contributed by atoms with Gasteiger partial charge in [-0.05, 0) is 31.0 Å². The van der Waals surface area contributed by atoms with Gasteiger partial charge in [-0.15, -0.1) is 0 Å². The van der Waals surface area contributed by atoms with Gasteiger partial charge in [-0.2, -0.15) is 0 Å². The van der Waals surface area contributed by atoms with Gasteiger partial charge < -0.3 is 25.7 Å². The van der Waals surface area contributed by atoms with E-state index in [1.165, 1.54) is 18.2 Å². The molecule has 1 saturated heterocycles. The van der Waals surface area contributed by atoms with Crippen molar-refractivity contribution in [2.24, 2.45) is 5.11 Å². The molecule has 1 aromatic rings. The van der Waals surface area contributed by atoms with Crippen LogP contribution in [0.1, 0.15) is 12.8 Å². The van der Waals surface area contributed by atoms with Gasteiger partial charge in [0.2, 0.25) is 0 Å². The van der Waals surface area contributed by atoms with Crippen LogP contribution in [0, 0.1) is 10.1 Å². The zero-order valence-electron chi connectivity index (χ0n) is 15.1. The minimum Gasteiger partial charge on any atom is -0.395 e. The molecule has 0 bridgehead atoms. The highest BCUT2D eigenvalue weighted by molar-refractivity contribution is 5.66. The number of benzene rings is 1. The number of nitrogens with one attached hydrogen (secondary N) is 1. The van der Waals surface area contributed by atoms with Gasteiger partial charge in [0, 0.05) is 29.8 Å². The highest BCUT2D eigenvalue weighted by Crippen LogP contribution is 2.29. The Labute approximate surface area is 160 Å². The van der Waals surface area contributed by atoms with Crippen LogP contribution < -0.4 is 5.32 Å². The number of hydrogen-bond donors (Lipinski definition) is 5. The molecule has 28 heavy (non-hydrogen) atoms. The molecule has 1 aliphatic rings. The number of nitrogens with zero attached hydrogens (tertiary/aromatic N) is 5. The van der Waals surface area contributed by atoms with Crippen molar-refractivity contribution in [2.45, 2.75) is 37.2 Å². The van der Waals surface area contributed by atoms with Gasteiger partial charge in [0.1, 0.15) is 17.9 Å². The summed E-state index contributed by atoms with van der Waals surface area (Å²) in [6.45, 7) is 0.717. The molecule has 12 heteroatoms. The Morgan fingerprint density at radius 2 is 2.07 bits per heavy atom. The van der Waals surface area contributed by atoms with Crippen LogP contribution in [-0.4, -0.2) is 80.8 Å². The number of likely N-dealkylation sites (tertiary alicyclic amines) is 1. The van der Waals surface area contributed by atoms with E-state index in [4.69, 9.17) is 5.53 Å². The molecular formula is C16H24N6O6. The Hall–Kier alpha value is -2.47. The minimum absolute atomic E-state index is 0.142. The summed E-state index contributed by atoms with van der Waals surface area (Å²) in [5.74, 6) is 0. The van der Waals surface area contributed by atoms with Crippen molar-refractivity contribution in [2.75, 3.05) is 31.6 Å². The van der Waals surface area contributed by atoms with Gasteiger partial charge in [-0.3, -0.25) is 15.0 Å². The lowest BCUT2D eigenvalue weighted by molar-refractivity contribution is -0.383. The summed E-state index contributed by atoms with van der Waals surface area (Å²) >= 11 is 0. The molecule has 1 heterocycles. The van der Waals surface area contributed by atoms with E-state index < -0.39 is 29.3 Å². The summed E-state index contributed by atoms with van der Waals surface area (Å²) < 4.78 is 0. The van der Waals surface area contributed by atoms with Gasteiger partial charge in [-0.25, -0.2) is 0 Å². The first-order valence-corrected chi connectivity index (χ1v) is 8.85. The van der Waals surface area contributed by atoms with Gasteiger partial charge >= 0.3 is 0 Å². The van der Waals surface area contributed by atoms with Gasteiger partial charge in [0.25, 0.3) is 5.69 Å². The van der Waals surface area contributed by atoms with Crippen LogP contribution in [0.3, 0.4) is 0 Å². The van der Waals surface area contributed by atoms with Crippen molar-refractivity contribution in [1.82, 2.24) is 4.90 Å². The fourth-order valence-corrected chi connectivity index (χ4v) is 3.23. The lowest BCUT2D eigenvalue weighted by Gasteiger charge is -2.43. The third-order valence-electron chi connectivity index (χ3n) is 4.74. The molecular weight excluding hydrogens is 372 g/mol. The SMILES string of the molecule is [N-]=[N+]=Nc1ccc(NCCCCN2C[C@H](O)[C@@H](O)[C@H](O)[C@H]2CO)c([N+](=O)[O-])c1. The smallest absolute Gasteiger partial charge is 0.292 e. The maximum Gasteiger partial charge on any atom is 0.292 e. The summed E-state index contributed by atoms with van der Waals surface area (Å²) in [4.78, 5) is 14.9. The van der Waals surface area contributed by atoms with E-state index >= 15 is 0 Å². The number of nitro groups is 1. The Morgan fingerprint density at radius 3 is 2.71 bits per heavy atom. The molecule has 0 aromatic heterocycles. The van der Waals surface area contributed by atoms with E-state index in [0.717, 1.165) is 0 Å². The monoisotopic (exact) mass is 396 g/mol. The summed E-state index contributed by atoms with van der Waals surface area (Å²) in [5, 5.41) is 56.3. The Morgan fingerprint density at radius 1 is 1.32 bits per heavy atom. The molecule has 1 aliphatic heterocycles. The largest absolute Gasteiger partial charge is 0.395 e. The highest BCUT2D eigenvalue weighted by Gasteiger charge is 2.40. The average molecular weight is 396 g/mol. The van der Waals surface area contributed by atoms with E-state index in [0.29, 0.717) is 31.6 Å². The predicted molar refractivity (Wildman–Crippen MR) is 100 cm³/mol. The standard InChI is InChI=1S/C16H24N6O6/c17-20-19-10-3-4-11(12(7-10)22(27)28)18-5-1-2-6-21-8-14(24)16(26)15(25)13(21)9-23/h3-4,7,13-16,18,23-26H,1-2,5-6,8-9H2/t13-,14+,15-,16-/m1/s1. The number of aliphatic hydroxyl groups is 4.